The molecule has 0 unspecified atom stereocenters. The van der Waals surface area contributed by atoms with E-state index in [1.54, 1.807) is 34.6 Å². The minimum Gasteiger partial charge on any atom is -0.442 e. The van der Waals surface area contributed by atoms with Gasteiger partial charge in [-0.15, -0.1) is 0 Å². The van der Waals surface area contributed by atoms with Crippen molar-refractivity contribution in [2.24, 2.45) is 10.9 Å². The number of carbonyl (C=O) groups excluding carboxylic acids is 1. The molecule has 29 heavy (non-hydrogen) atoms. The van der Waals surface area contributed by atoms with Crippen LogP contribution < -0.4 is 5.32 Å². The number of rotatable bonds is 2. The molecule has 10 heteroatoms. The first-order valence-electron chi connectivity index (χ1n) is 9.32. The summed E-state index contributed by atoms with van der Waals surface area (Å²) in [5.74, 6) is -1.14. The molecule has 1 aromatic rings. The van der Waals surface area contributed by atoms with Crippen LogP contribution in [0, 0.1) is 11.7 Å². The molecule has 1 saturated carbocycles. The SMILES string of the molecule is CC(C)(C)OC(=O)/N=C1/N[C@](C)(c2cc(Br)ncc2F)CS(=O)(=O)[C@@]1(C)C1CC1. The summed E-state index contributed by atoms with van der Waals surface area (Å²) in [6.45, 7) is 8.25. The Hall–Kier alpha value is -1.55. The highest BCUT2D eigenvalue weighted by atomic mass is 79.9. The van der Waals surface area contributed by atoms with Crippen molar-refractivity contribution in [3.8, 4) is 0 Å². The van der Waals surface area contributed by atoms with E-state index in [1.165, 1.54) is 6.07 Å². The lowest BCUT2D eigenvalue weighted by molar-refractivity contribution is 0.0602. The molecule has 1 N–H and O–H groups in total. The number of amidine groups is 1. The normalized spacial score (nSPS) is 30.7. The summed E-state index contributed by atoms with van der Waals surface area (Å²) in [7, 11) is -3.79. The van der Waals surface area contributed by atoms with Gasteiger partial charge >= 0.3 is 6.09 Å². The first-order chi connectivity index (χ1) is 13.2. The van der Waals surface area contributed by atoms with E-state index in [1.807, 2.05) is 0 Å². The van der Waals surface area contributed by atoms with Crippen LogP contribution in [0.2, 0.25) is 0 Å². The number of aromatic nitrogens is 1. The molecule has 1 saturated heterocycles. The fourth-order valence-electron chi connectivity index (χ4n) is 3.68. The molecular formula is C19H25BrFN3O4S. The van der Waals surface area contributed by atoms with Crippen LogP contribution in [0.15, 0.2) is 21.9 Å². The molecule has 0 aromatic carbocycles. The van der Waals surface area contributed by atoms with Gasteiger partial charge in [0.25, 0.3) is 0 Å². The largest absolute Gasteiger partial charge is 0.442 e. The molecule has 7 nitrogen and oxygen atoms in total. The molecule has 2 heterocycles. The minimum atomic E-state index is -3.79. The molecule has 160 valence electrons. The van der Waals surface area contributed by atoms with Crippen molar-refractivity contribution in [1.82, 2.24) is 10.3 Å². The number of sulfone groups is 1. The Morgan fingerprint density at radius 1 is 1.38 bits per heavy atom. The Bertz CT molecular complexity index is 988. The molecule has 3 rings (SSSR count). The van der Waals surface area contributed by atoms with Gasteiger partial charge in [-0.05, 0) is 75.4 Å². The number of hydrogen-bond donors (Lipinski definition) is 1. The van der Waals surface area contributed by atoms with Crippen molar-refractivity contribution in [3.63, 3.8) is 0 Å². The van der Waals surface area contributed by atoms with Gasteiger partial charge < -0.3 is 10.1 Å². The number of halogens is 2. The van der Waals surface area contributed by atoms with Crippen LogP contribution in [0.4, 0.5) is 9.18 Å². The topological polar surface area (TPSA) is 97.7 Å². The second-order valence-electron chi connectivity index (χ2n) is 9.03. The molecule has 2 atom stereocenters. The maximum absolute atomic E-state index is 14.6. The van der Waals surface area contributed by atoms with E-state index in [4.69, 9.17) is 4.74 Å². The van der Waals surface area contributed by atoms with E-state index < -0.39 is 37.6 Å². The smallest absolute Gasteiger partial charge is 0.435 e. The third kappa shape index (κ3) is 4.19. The van der Waals surface area contributed by atoms with Crippen LogP contribution in [0.3, 0.4) is 0 Å². The van der Waals surface area contributed by atoms with E-state index in [0.717, 1.165) is 19.0 Å². The Morgan fingerprint density at radius 2 is 2.00 bits per heavy atom. The Kier molecular flexibility index (Phi) is 5.35. The lowest BCUT2D eigenvalue weighted by Crippen LogP contribution is -2.66. The van der Waals surface area contributed by atoms with Crippen molar-refractivity contribution >= 4 is 37.7 Å². The Morgan fingerprint density at radius 3 is 2.55 bits per heavy atom. The van der Waals surface area contributed by atoms with Gasteiger partial charge in [0, 0.05) is 5.56 Å². The minimum absolute atomic E-state index is 0.00432. The highest BCUT2D eigenvalue weighted by Gasteiger charge is 2.61. The van der Waals surface area contributed by atoms with Crippen molar-refractivity contribution in [2.45, 2.75) is 63.3 Å². The molecule has 0 bridgehead atoms. The van der Waals surface area contributed by atoms with Crippen LogP contribution in [0.1, 0.15) is 53.0 Å². The fraction of sp³-hybridized carbons (Fsp3) is 0.632. The predicted molar refractivity (Wildman–Crippen MR) is 111 cm³/mol. The standard InChI is InChI=1S/C19H25BrFN3O4S/c1-17(2,3)28-16(25)23-15-19(5,11-6-7-11)29(26,27)10-18(4,24-15)12-8-14(20)22-9-13(12)21/h8-9,11H,6-7,10H2,1-5H3,(H,23,24,25)/t18-,19-/m0/s1. The molecule has 1 aromatic heterocycles. The monoisotopic (exact) mass is 489 g/mol. The summed E-state index contributed by atoms with van der Waals surface area (Å²) in [5, 5.41) is 3.08. The summed E-state index contributed by atoms with van der Waals surface area (Å²) in [6.07, 6.45) is 1.58. The molecule has 2 fully saturated rings. The second-order valence-corrected chi connectivity index (χ2v) is 12.2. The van der Waals surface area contributed by atoms with Gasteiger partial charge in [0.05, 0.1) is 17.5 Å². The van der Waals surface area contributed by atoms with E-state index in [-0.39, 0.29) is 23.1 Å². The molecule has 1 aliphatic carbocycles. The number of pyridine rings is 1. The van der Waals surface area contributed by atoms with Crippen LogP contribution in [-0.4, -0.2) is 41.4 Å². The zero-order valence-electron chi connectivity index (χ0n) is 17.0. The maximum Gasteiger partial charge on any atom is 0.435 e. The molecular weight excluding hydrogens is 465 g/mol. The van der Waals surface area contributed by atoms with Gasteiger partial charge in [-0.2, -0.15) is 4.99 Å². The van der Waals surface area contributed by atoms with Crippen molar-refractivity contribution < 1.29 is 22.3 Å². The number of amides is 1. The first kappa shape index (κ1) is 22.1. The van der Waals surface area contributed by atoms with Gasteiger partial charge in [-0.1, -0.05) is 0 Å². The number of carbonyl (C=O) groups is 1. The summed E-state index contributed by atoms with van der Waals surface area (Å²) in [4.78, 5) is 20.3. The number of nitrogens with zero attached hydrogens (tertiary/aromatic N) is 2. The number of aliphatic imine (C=N–C) groups is 1. The Balaban J connectivity index is 2.12. The lowest BCUT2D eigenvalue weighted by atomic mass is 9.91. The van der Waals surface area contributed by atoms with Crippen LogP contribution in [0.25, 0.3) is 0 Å². The number of ether oxygens (including phenoxy) is 1. The van der Waals surface area contributed by atoms with Gasteiger partial charge in [0.15, 0.2) is 9.84 Å². The number of nitrogens with one attached hydrogen (secondary N) is 1. The third-order valence-corrected chi connectivity index (χ3v) is 8.57. The van der Waals surface area contributed by atoms with Gasteiger partial charge in [0.1, 0.15) is 26.6 Å². The van der Waals surface area contributed by atoms with E-state index in [0.29, 0.717) is 4.60 Å². The molecule has 1 amide bonds. The summed E-state index contributed by atoms with van der Waals surface area (Å²) >= 11 is 3.20. The van der Waals surface area contributed by atoms with Crippen molar-refractivity contribution in [1.29, 1.82) is 0 Å². The first-order valence-corrected chi connectivity index (χ1v) is 11.8. The number of hydrogen-bond acceptors (Lipinski definition) is 5. The van der Waals surface area contributed by atoms with Gasteiger partial charge in [0.2, 0.25) is 0 Å². The lowest BCUT2D eigenvalue weighted by Gasteiger charge is -2.45. The second kappa shape index (κ2) is 7.01. The highest BCUT2D eigenvalue weighted by Crippen LogP contribution is 2.49. The van der Waals surface area contributed by atoms with Crippen LogP contribution >= 0.6 is 15.9 Å². The molecule has 1 aliphatic heterocycles. The zero-order valence-corrected chi connectivity index (χ0v) is 19.4. The van der Waals surface area contributed by atoms with E-state index >= 15 is 0 Å². The third-order valence-electron chi connectivity index (χ3n) is 5.36. The molecule has 2 aliphatic rings. The van der Waals surface area contributed by atoms with E-state index in [2.05, 4.69) is 31.2 Å². The van der Waals surface area contributed by atoms with Crippen molar-refractivity contribution in [2.75, 3.05) is 5.75 Å². The summed E-state index contributed by atoms with van der Waals surface area (Å²) in [6, 6.07) is 1.43. The average molecular weight is 490 g/mol. The fourth-order valence-corrected chi connectivity index (χ4v) is 6.43. The summed E-state index contributed by atoms with van der Waals surface area (Å²) in [5.41, 5.74) is -1.99. The summed E-state index contributed by atoms with van der Waals surface area (Å²) < 4.78 is 45.7. The zero-order chi connectivity index (χ0) is 21.8. The van der Waals surface area contributed by atoms with E-state index in [9.17, 15) is 17.6 Å². The Labute approximate surface area is 178 Å². The molecule has 0 radical (unpaired) electrons. The maximum atomic E-state index is 14.6. The van der Waals surface area contributed by atoms with Crippen LogP contribution in [0.5, 0.6) is 0 Å². The predicted octanol–water partition coefficient (Wildman–Crippen LogP) is 3.72. The molecule has 0 spiro atoms. The van der Waals surface area contributed by atoms with Crippen LogP contribution in [-0.2, 0) is 20.1 Å². The van der Waals surface area contributed by atoms with Crippen molar-refractivity contribution in [3.05, 3.63) is 28.2 Å². The highest BCUT2D eigenvalue weighted by molar-refractivity contribution is 9.10. The van der Waals surface area contributed by atoms with Gasteiger partial charge in [-0.3, -0.25) is 0 Å². The quantitative estimate of drug-likeness (QED) is 0.635. The average Bonchev–Trinajstić information content (AvgIpc) is 3.37. The van der Waals surface area contributed by atoms with Gasteiger partial charge in [-0.25, -0.2) is 22.6 Å².